The molecule has 1 aliphatic carbocycles. The number of aliphatic hydroxyl groups is 1. The number of allylic oxidation sites excluding steroid dienone is 4. The van der Waals surface area contributed by atoms with Crippen LogP contribution in [0.25, 0.3) is 0 Å². The van der Waals surface area contributed by atoms with E-state index >= 15 is 0 Å². The van der Waals surface area contributed by atoms with Crippen molar-refractivity contribution in [3.05, 3.63) is 71.1 Å². The Bertz CT molecular complexity index is 1150. The molecule has 0 aromatic carbocycles. The summed E-state index contributed by atoms with van der Waals surface area (Å²) < 4.78 is 16.3. The number of ketones is 2. The van der Waals surface area contributed by atoms with Crippen LogP contribution in [0.2, 0.25) is 0 Å². The fourth-order valence-electron chi connectivity index (χ4n) is 4.37. The molecule has 1 aliphatic heterocycles. The van der Waals surface area contributed by atoms with E-state index in [0.29, 0.717) is 18.4 Å². The van der Waals surface area contributed by atoms with Crippen molar-refractivity contribution < 1.29 is 38.5 Å². The molecule has 0 saturated heterocycles. The van der Waals surface area contributed by atoms with Crippen LogP contribution in [0.15, 0.2) is 71.1 Å². The minimum atomic E-state index is -0.997. The van der Waals surface area contributed by atoms with Gasteiger partial charge in [-0.1, -0.05) is 30.4 Å². The Morgan fingerprint density at radius 3 is 2.60 bits per heavy atom. The molecule has 0 spiro atoms. The predicted molar refractivity (Wildman–Crippen MR) is 149 cm³/mol. The van der Waals surface area contributed by atoms with E-state index in [9.17, 15) is 24.3 Å². The number of amides is 2. The molecule has 2 amide bonds. The summed E-state index contributed by atoms with van der Waals surface area (Å²) in [4.78, 5) is 50.7. The SMILES string of the molecule is C=CCNC1=C2CCCC(OC)[C@H](O)C/C=C(\C)C(OC(N)=O)C(OC)/C=C\C=C(/C)C(=O)NC(=CC1=O)C2=O. The van der Waals surface area contributed by atoms with E-state index in [1.54, 1.807) is 38.2 Å². The van der Waals surface area contributed by atoms with Crippen LogP contribution in [-0.2, 0) is 28.6 Å². The van der Waals surface area contributed by atoms with Gasteiger partial charge in [-0.2, -0.15) is 0 Å². The van der Waals surface area contributed by atoms with Gasteiger partial charge in [0.15, 0.2) is 6.10 Å². The second-order valence-electron chi connectivity index (χ2n) is 9.44. The first-order valence-electron chi connectivity index (χ1n) is 12.9. The highest BCUT2D eigenvalue weighted by Crippen LogP contribution is 2.24. The number of hydrogen-bond donors (Lipinski definition) is 4. The fourth-order valence-corrected chi connectivity index (χ4v) is 4.37. The molecule has 218 valence electrons. The minimum absolute atomic E-state index is 0.128. The van der Waals surface area contributed by atoms with E-state index in [-0.39, 0.29) is 41.9 Å². The van der Waals surface area contributed by atoms with Gasteiger partial charge in [0.2, 0.25) is 11.6 Å². The Hall–Kier alpha value is -3.80. The number of rotatable bonds is 6. The first kappa shape index (κ1) is 32.4. The molecular weight excluding hydrogens is 518 g/mol. The van der Waals surface area contributed by atoms with Crippen LogP contribution in [0, 0.1) is 0 Å². The maximum atomic E-state index is 13.3. The maximum Gasteiger partial charge on any atom is 0.405 e. The molecule has 2 bridgehead atoms. The van der Waals surface area contributed by atoms with E-state index in [1.165, 1.54) is 20.3 Å². The molecule has 40 heavy (non-hydrogen) atoms. The Labute approximate surface area is 234 Å². The van der Waals surface area contributed by atoms with Crippen LogP contribution >= 0.6 is 0 Å². The highest BCUT2D eigenvalue weighted by Gasteiger charge is 2.30. The van der Waals surface area contributed by atoms with Crippen molar-refractivity contribution in [2.24, 2.45) is 5.73 Å². The normalized spacial score (nSPS) is 28.8. The number of methoxy groups -OCH3 is 2. The number of fused-ring (bicyclic) bond motifs is 2. The summed E-state index contributed by atoms with van der Waals surface area (Å²) >= 11 is 0. The van der Waals surface area contributed by atoms with Gasteiger partial charge in [0.1, 0.15) is 6.10 Å². The minimum Gasteiger partial charge on any atom is -0.439 e. The number of hydrogen-bond acceptors (Lipinski definition) is 9. The van der Waals surface area contributed by atoms with Crippen LogP contribution in [-0.4, -0.2) is 73.9 Å². The summed E-state index contributed by atoms with van der Waals surface area (Å²) in [5, 5.41) is 16.3. The van der Waals surface area contributed by atoms with Crippen molar-refractivity contribution in [3.8, 4) is 0 Å². The van der Waals surface area contributed by atoms with Gasteiger partial charge in [0.05, 0.1) is 23.6 Å². The molecule has 4 atom stereocenters. The zero-order chi connectivity index (χ0) is 29.8. The second-order valence-corrected chi connectivity index (χ2v) is 9.44. The van der Waals surface area contributed by atoms with E-state index in [1.807, 2.05) is 0 Å². The van der Waals surface area contributed by atoms with E-state index in [0.717, 1.165) is 6.08 Å². The predicted octanol–water partition coefficient (Wildman–Crippen LogP) is 2.05. The third-order valence-corrected chi connectivity index (χ3v) is 6.61. The number of nitrogens with two attached hydrogens (primary N) is 1. The number of nitrogens with one attached hydrogen (secondary N) is 2. The van der Waals surface area contributed by atoms with Crippen molar-refractivity contribution in [1.29, 1.82) is 0 Å². The van der Waals surface area contributed by atoms with Crippen LogP contribution in [0.4, 0.5) is 4.79 Å². The van der Waals surface area contributed by atoms with Gasteiger partial charge >= 0.3 is 6.09 Å². The molecule has 11 nitrogen and oxygen atoms in total. The molecule has 0 fully saturated rings. The average molecular weight is 558 g/mol. The van der Waals surface area contributed by atoms with Gasteiger partial charge < -0.3 is 35.7 Å². The molecule has 2 aliphatic rings. The molecule has 0 radical (unpaired) electrons. The number of primary amides is 1. The highest BCUT2D eigenvalue weighted by molar-refractivity contribution is 6.23. The number of carbonyl (C=O) groups is 4. The van der Waals surface area contributed by atoms with E-state index in [2.05, 4.69) is 17.2 Å². The molecular formula is C29H39N3O8. The lowest BCUT2D eigenvalue weighted by Gasteiger charge is -2.25. The summed E-state index contributed by atoms with van der Waals surface area (Å²) in [6.45, 7) is 7.18. The summed E-state index contributed by atoms with van der Waals surface area (Å²) in [7, 11) is 2.90. The summed E-state index contributed by atoms with van der Waals surface area (Å²) in [5.41, 5.74) is 6.39. The summed E-state index contributed by atoms with van der Waals surface area (Å²) in [6.07, 6.45) is 6.03. The Kier molecular flexibility index (Phi) is 12.7. The van der Waals surface area contributed by atoms with Crippen LogP contribution in [0.5, 0.6) is 0 Å². The Balaban J connectivity index is 2.51. The van der Waals surface area contributed by atoms with Crippen molar-refractivity contribution >= 4 is 23.6 Å². The average Bonchev–Trinajstić information content (AvgIpc) is 2.91. The van der Waals surface area contributed by atoms with Crippen molar-refractivity contribution in [3.63, 3.8) is 0 Å². The maximum absolute atomic E-state index is 13.3. The lowest BCUT2D eigenvalue weighted by atomic mass is 9.91. The molecule has 2 rings (SSSR count). The zero-order valence-corrected chi connectivity index (χ0v) is 23.4. The van der Waals surface area contributed by atoms with Gasteiger partial charge in [-0.3, -0.25) is 14.4 Å². The quantitative estimate of drug-likeness (QED) is 0.282. The van der Waals surface area contributed by atoms with Crippen molar-refractivity contribution in [1.82, 2.24) is 10.6 Å². The third-order valence-electron chi connectivity index (χ3n) is 6.61. The molecule has 1 heterocycles. The van der Waals surface area contributed by atoms with Crippen LogP contribution in [0.3, 0.4) is 0 Å². The number of aliphatic hydroxyl groups excluding tert-OH is 1. The molecule has 0 aromatic rings. The van der Waals surface area contributed by atoms with Gasteiger partial charge in [-0.05, 0) is 45.1 Å². The number of ether oxygens (including phenoxy) is 3. The Morgan fingerprint density at radius 1 is 1.25 bits per heavy atom. The van der Waals surface area contributed by atoms with Gasteiger partial charge in [0, 0.05) is 38.0 Å². The van der Waals surface area contributed by atoms with Crippen LogP contribution < -0.4 is 16.4 Å². The van der Waals surface area contributed by atoms with Gasteiger partial charge in [-0.15, -0.1) is 6.58 Å². The molecule has 5 N–H and O–H groups in total. The number of carbonyl (C=O) groups excluding carboxylic acids is 4. The molecule has 3 unspecified atom stereocenters. The third kappa shape index (κ3) is 8.87. The van der Waals surface area contributed by atoms with E-state index < -0.39 is 48.0 Å². The largest absolute Gasteiger partial charge is 0.439 e. The summed E-state index contributed by atoms with van der Waals surface area (Å²) in [5.74, 6) is -1.49. The number of Topliss-reactive ketones (excluding diaryl/α,β-unsaturated/α-hetero) is 1. The first-order chi connectivity index (χ1) is 19.0. The van der Waals surface area contributed by atoms with Gasteiger partial charge in [0.25, 0.3) is 5.91 Å². The lowest BCUT2D eigenvalue weighted by molar-refractivity contribution is -0.120. The highest BCUT2D eigenvalue weighted by atomic mass is 16.6. The summed E-state index contributed by atoms with van der Waals surface area (Å²) in [6, 6.07) is 0. The topological polar surface area (TPSA) is 166 Å². The van der Waals surface area contributed by atoms with Crippen molar-refractivity contribution in [2.45, 2.75) is 63.9 Å². The monoisotopic (exact) mass is 557 g/mol. The molecule has 11 heteroatoms. The zero-order valence-electron chi connectivity index (χ0n) is 23.4. The standard InChI is InChI=1S/C29H39N3O8/c1-6-15-31-25-19-10-8-11-23(38-4)21(33)14-13-17(2)27(40-29(30)37)24(39-5)12-7-9-18(3)28(36)32-20(26(19)35)16-22(25)34/h6-7,9,12-13,16,21,23-24,27,31,33H,1,8,10-11,14-15H2,2-5H3,(H2,30,37)(H,32,36)/b12-7-,17-13+,18-9+/t21-,23?,24?,27?/m1/s1. The molecule has 0 saturated carbocycles. The first-order valence-corrected chi connectivity index (χ1v) is 12.9. The Morgan fingerprint density at radius 2 is 1.98 bits per heavy atom. The molecule has 0 aromatic heterocycles. The second kappa shape index (κ2) is 15.7. The fraction of sp³-hybridized carbons (Fsp3) is 0.448. The smallest absolute Gasteiger partial charge is 0.405 e. The lowest BCUT2D eigenvalue weighted by Crippen LogP contribution is -2.36. The van der Waals surface area contributed by atoms with Crippen molar-refractivity contribution in [2.75, 3.05) is 20.8 Å². The van der Waals surface area contributed by atoms with E-state index in [4.69, 9.17) is 19.9 Å². The van der Waals surface area contributed by atoms with Gasteiger partial charge in [-0.25, -0.2) is 4.79 Å². The van der Waals surface area contributed by atoms with Crippen LogP contribution in [0.1, 0.15) is 39.5 Å².